The third-order valence-corrected chi connectivity index (χ3v) is 2.92. The molecule has 0 aliphatic carbocycles. The molecule has 16 heavy (non-hydrogen) atoms. The number of nitrogens with zero attached hydrogens (tertiary/aromatic N) is 3. The Morgan fingerprint density at radius 3 is 2.38 bits per heavy atom. The van der Waals surface area contributed by atoms with E-state index in [-0.39, 0.29) is 5.69 Å². The molecule has 5 heteroatoms. The van der Waals surface area contributed by atoms with Crippen LogP contribution < -0.4 is 0 Å². The summed E-state index contributed by atoms with van der Waals surface area (Å²) in [5.41, 5.74) is 3.33. The monoisotopic (exact) mass is 219 g/mol. The van der Waals surface area contributed by atoms with Crippen molar-refractivity contribution < 1.29 is 9.90 Å². The van der Waals surface area contributed by atoms with Crippen LogP contribution in [-0.2, 0) is 0 Å². The van der Waals surface area contributed by atoms with Gasteiger partial charge in [0.1, 0.15) is 5.82 Å². The number of rotatable bonds is 1. The number of aryl methyl sites for hydroxylation is 3. The summed E-state index contributed by atoms with van der Waals surface area (Å²) in [5.74, 6) is -0.388. The number of aromatic nitrogens is 3. The lowest BCUT2D eigenvalue weighted by atomic mass is 10.2. The van der Waals surface area contributed by atoms with Gasteiger partial charge in [-0.2, -0.15) is 0 Å². The zero-order valence-electron chi connectivity index (χ0n) is 9.70. The fourth-order valence-corrected chi connectivity index (χ4v) is 1.84. The first kappa shape index (κ1) is 10.6. The minimum Gasteiger partial charge on any atom is -0.476 e. The lowest BCUT2D eigenvalue weighted by molar-refractivity contribution is 0.0693. The van der Waals surface area contributed by atoms with Crippen molar-refractivity contribution in [2.75, 3.05) is 0 Å². The first-order valence-corrected chi connectivity index (χ1v) is 4.99. The molecule has 0 spiro atoms. The molecule has 1 N–H and O–H groups in total. The van der Waals surface area contributed by atoms with Crippen molar-refractivity contribution in [3.05, 3.63) is 28.5 Å². The third kappa shape index (κ3) is 1.28. The van der Waals surface area contributed by atoms with Gasteiger partial charge in [-0.25, -0.2) is 14.8 Å². The topological polar surface area (TPSA) is 67.5 Å². The van der Waals surface area contributed by atoms with Gasteiger partial charge in [0.05, 0.1) is 0 Å². The van der Waals surface area contributed by atoms with E-state index in [1.807, 2.05) is 20.8 Å². The molecule has 5 nitrogen and oxygen atoms in total. The fourth-order valence-electron chi connectivity index (χ4n) is 1.84. The minimum atomic E-state index is -1.04. The number of carboxylic acid groups (broad SMARTS) is 1. The summed E-state index contributed by atoms with van der Waals surface area (Å²) in [4.78, 5) is 19.4. The molecule has 2 heterocycles. The summed E-state index contributed by atoms with van der Waals surface area (Å²) >= 11 is 0. The highest BCUT2D eigenvalue weighted by Gasteiger charge is 2.18. The summed E-state index contributed by atoms with van der Waals surface area (Å²) in [6.45, 7) is 7.56. The summed E-state index contributed by atoms with van der Waals surface area (Å²) in [7, 11) is 0. The van der Waals surface area contributed by atoms with E-state index in [0.717, 1.165) is 17.0 Å². The van der Waals surface area contributed by atoms with Crippen molar-refractivity contribution in [2.45, 2.75) is 27.7 Å². The first-order valence-electron chi connectivity index (χ1n) is 4.99. The molecule has 0 aromatic carbocycles. The standard InChI is InChI=1S/C11H13N3O2/c1-5-6(2)12-10-9(11(15)16)13-8(4)14(10)7(5)3/h1-4H3,(H,15,16). The van der Waals surface area contributed by atoms with Crippen molar-refractivity contribution >= 4 is 11.6 Å². The lowest BCUT2D eigenvalue weighted by Crippen LogP contribution is -2.04. The molecule has 0 bridgehead atoms. The molecular formula is C11H13N3O2. The normalized spacial score (nSPS) is 11.0. The molecule has 0 unspecified atom stereocenters. The number of carbonyl (C=O) groups is 1. The zero-order chi connectivity index (χ0) is 12.0. The molecule has 84 valence electrons. The second kappa shape index (κ2) is 3.30. The predicted octanol–water partition coefficient (Wildman–Crippen LogP) is 1.66. The number of fused-ring (bicyclic) bond motifs is 1. The first-order chi connectivity index (χ1) is 7.43. The Labute approximate surface area is 92.8 Å². The van der Waals surface area contributed by atoms with Crippen LogP contribution in [0.4, 0.5) is 0 Å². The van der Waals surface area contributed by atoms with Crippen molar-refractivity contribution in [3.8, 4) is 0 Å². The van der Waals surface area contributed by atoms with Gasteiger partial charge in [0, 0.05) is 11.4 Å². The van der Waals surface area contributed by atoms with Gasteiger partial charge in [-0.1, -0.05) is 0 Å². The van der Waals surface area contributed by atoms with E-state index in [1.165, 1.54) is 0 Å². The van der Waals surface area contributed by atoms with E-state index in [4.69, 9.17) is 5.11 Å². The molecule has 0 atom stereocenters. The zero-order valence-corrected chi connectivity index (χ0v) is 9.70. The Bertz CT molecular complexity index is 599. The maximum absolute atomic E-state index is 11.0. The summed E-state index contributed by atoms with van der Waals surface area (Å²) in [6, 6.07) is 0. The fraction of sp³-hybridized carbons (Fsp3) is 0.364. The van der Waals surface area contributed by atoms with Crippen LogP contribution in [0.5, 0.6) is 0 Å². The summed E-state index contributed by atoms with van der Waals surface area (Å²) in [5, 5.41) is 9.03. The summed E-state index contributed by atoms with van der Waals surface area (Å²) < 4.78 is 1.78. The van der Waals surface area contributed by atoms with Gasteiger partial charge in [-0.05, 0) is 33.3 Å². The molecule has 0 radical (unpaired) electrons. The molecule has 0 aliphatic rings. The van der Waals surface area contributed by atoms with Gasteiger partial charge >= 0.3 is 5.97 Å². The number of imidazole rings is 1. The third-order valence-electron chi connectivity index (χ3n) is 2.92. The van der Waals surface area contributed by atoms with Crippen LogP contribution in [0.2, 0.25) is 0 Å². The average molecular weight is 219 g/mol. The summed E-state index contributed by atoms with van der Waals surface area (Å²) in [6.07, 6.45) is 0. The maximum atomic E-state index is 11.0. The Balaban J connectivity index is 2.97. The van der Waals surface area contributed by atoms with Gasteiger partial charge in [-0.15, -0.1) is 0 Å². The van der Waals surface area contributed by atoms with Gasteiger partial charge in [0.25, 0.3) is 0 Å². The Morgan fingerprint density at radius 2 is 1.81 bits per heavy atom. The van der Waals surface area contributed by atoms with Crippen molar-refractivity contribution in [3.63, 3.8) is 0 Å². The van der Waals surface area contributed by atoms with Crippen LogP contribution in [0.15, 0.2) is 0 Å². The maximum Gasteiger partial charge on any atom is 0.358 e. The second-order valence-electron chi connectivity index (χ2n) is 3.88. The highest BCUT2D eigenvalue weighted by atomic mass is 16.4. The minimum absolute atomic E-state index is 0.0173. The van der Waals surface area contributed by atoms with Gasteiger partial charge in [-0.3, -0.25) is 4.40 Å². The Morgan fingerprint density at radius 1 is 1.19 bits per heavy atom. The molecule has 2 aromatic heterocycles. The van der Waals surface area contributed by atoms with E-state index in [1.54, 1.807) is 11.3 Å². The van der Waals surface area contributed by atoms with Crippen molar-refractivity contribution in [2.24, 2.45) is 0 Å². The quantitative estimate of drug-likeness (QED) is 0.792. The lowest BCUT2D eigenvalue weighted by Gasteiger charge is -2.08. The molecule has 0 saturated carbocycles. The van der Waals surface area contributed by atoms with E-state index >= 15 is 0 Å². The van der Waals surface area contributed by atoms with Gasteiger partial charge in [0.15, 0.2) is 11.3 Å². The van der Waals surface area contributed by atoms with E-state index in [9.17, 15) is 4.79 Å². The average Bonchev–Trinajstić information content (AvgIpc) is 2.52. The molecule has 0 saturated heterocycles. The number of carboxylic acids is 1. The predicted molar refractivity (Wildman–Crippen MR) is 58.9 cm³/mol. The Kier molecular flexibility index (Phi) is 2.18. The van der Waals surface area contributed by atoms with Gasteiger partial charge < -0.3 is 5.11 Å². The van der Waals surface area contributed by atoms with Crippen LogP contribution in [0.3, 0.4) is 0 Å². The van der Waals surface area contributed by atoms with Crippen LogP contribution in [0.25, 0.3) is 5.65 Å². The molecule has 0 fully saturated rings. The molecule has 2 rings (SSSR count). The van der Waals surface area contributed by atoms with Crippen LogP contribution in [0, 0.1) is 27.7 Å². The Hall–Kier alpha value is -1.91. The smallest absolute Gasteiger partial charge is 0.358 e. The van der Waals surface area contributed by atoms with Crippen molar-refractivity contribution in [1.82, 2.24) is 14.4 Å². The molecular weight excluding hydrogens is 206 g/mol. The largest absolute Gasteiger partial charge is 0.476 e. The molecule has 2 aromatic rings. The van der Waals surface area contributed by atoms with Crippen LogP contribution >= 0.6 is 0 Å². The van der Waals surface area contributed by atoms with E-state index in [0.29, 0.717) is 11.5 Å². The van der Waals surface area contributed by atoms with Crippen molar-refractivity contribution in [1.29, 1.82) is 0 Å². The van der Waals surface area contributed by atoms with Crippen LogP contribution in [-0.4, -0.2) is 25.4 Å². The molecule has 0 aliphatic heterocycles. The highest BCUT2D eigenvalue weighted by Crippen LogP contribution is 2.18. The molecule has 0 amide bonds. The van der Waals surface area contributed by atoms with Crippen LogP contribution in [0.1, 0.15) is 33.3 Å². The number of hydrogen-bond donors (Lipinski definition) is 1. The van der Waals surface area contributed by atoms with Gasteiger partial charge in [0.2, 0.25) is 0 Å². The number of hydrogen-bond acceptors (Lipinski definition) is 3. The number of aromatic carboxylic acids is 1. The van der Waals surface area contributed by atoms with E-state index in [2.05, 4.69) is 9.97 Å². The van der Waals surface area contributed by atoms with E-state index < -0.39 is 5.97 Å². The second-order valence-corrected chi connectivity index (χ2v) is 3.88. The SMILES string of the molecule is Cc1nc2c(C(=O)O)nc(C)n2c(C)c1C. The highest BCUT2D eigenvalue weighted by molar-refractivity contribution is 5.92.